The molecule has 5 nitrogen and oxygen atoms in total. The van der Waals surface area contributed by atoms with E-state index in [2.05, 4.69) is 10.3 Å². The minimum absolute atomic E-state index is 0.151. The van der Waals surface area contributed by atoms with Gasteiger partial charge in [0.1, 0.15) is 0 Å². The van der Waals surface area contributed by atoms with E-state index in [4.69, 9.17) is 5.14 Å². The van der Waals surface area contributed by atoms with Crippen molar-refractivity contribution < 1.29 is 8.42 Å². The standard InChI is InChI=1S/C12H15N3O2S2/c1-8-3-4-10(5-12(8)19(13,16)17)15-7-11-6-14-9(2)18-11/h3-6,15H,7H2,1-2H3,(H2,13,16,17). The number of thiazole rings is 1. The van der Waals surface area contributed by atoms with Crippen LogP contribution in [0.1, 0.15) is 15.4 Å². The Hall–Kier alpha value is -1.44. The molecule has 0 bridgehead atoms. The third-order valence-corrected chi connectivity index (χ3v) is 4.60. The van der Waals surface area contributed by atoms with Gasteiger partial charge in [-0.15, -0.1) is 11.3 Å². The summed E-state index contributed by atoms with van der Waals surface area (Å²) in [5.74, 6) is 0. The van der Waals surface area contributed by atoms with E-state index in [1.807, 2.05) is 19.2 Å². The van der Waals surface area contributed by atoms with E-state index in [9.17, 15) is 8.42 Å². The van der Waals surface area contributed by atoms with Gasteiger partial charge < -0.3 is 5.32 Å². The summed E-state index contributed by atoms with van der Waals surface area (Å²) >= 11 is 1.60. The van der Waals surface area contributed by atoms with Crippen molar-refractivity contribution in [2.24, 2.45) is 5.14 Å². The van der Waals surface area contributed by atoms with Crippen molar-refractivity contribution in [3.8, 4) is 0 Å². The summed E-state index contributed by atoms with van der Waals surface area (Å²) in [5, 5.41) is 9.34. The number of aryl methyl sites for hydroxylation is 2. The Morgan fingerprint density at radius 3 is 2.68 bits per heavy atom. The molecule has 1 aromatic heterocycles. The Morgan fingerprint density at radius 2 is 2.11 bits per heavy atom. The lowest BCUT2D eigenvalue weighted by Crippen LogP contribution is -2.14. The first-order chi connectivity index (χ1) is 8.86. The van der Waals surface area contributed by atoms with E-state index < -0.39 is 10.0 Å². The molecule has 0 aliphatic heterocycles. The Morgan fingerprint density at radius 1 is 1.37 bits per heavy atom. The molecular weight excluding hydrogens is 282 g/mol. The van der Waals surface area contributed by atoms with E-state index >= 15 is 0 Å². The van der Waals surface area contributed by atoms with Crippen molar-refractivity contribution in [2.75, 3.05) is 5.32 Å². The number of nitrogens with zero attached hydrogens (tertiary/aromatic N) is 1. The topological polar surface area (TPSA) is 85.1 Å². The lowest BCUT2D eigenvalue weighted by molar-refractivity contribution is 0.597. The van der Waals surface area contributed by atoms with Crippen LogP contribution in [0.4, 0.5) is 5.69 Å². The average molecular weight is 297 g/mol. The SMILES string of the molecule is Cc1ncc(CNc2ccc(C)c(S(N)(=O)=O)c2)s1. The van der Waals surface area contributed by atoms with Gasteiger partial charge in [-0.1, -0.05) is 6.07 Å². The number of benzene rings is 1. The molecule has 0 aliphatic rings. The number of nitrogens with one attached hydrogen (secondary N) is 1. The fourth-order valence-electron chi connectivity index (χ4n) is 1.69. The first kappa shape index (κ1) is 14.0. The second-order valence-electron chi connectivity index (χ2n) is 4.22. The second-order valence-corrected chi connectivity index (χ2v) is 7.07. The minimum atomic E-state index is -3.68. The molecule has 0 unspecified atom stereocenters. The summed E-state index contributed by atoms with van der Waals surface area (Å²) in [7, 11) is -3.68. The number of rotatable bonds is 4. The van der Waals surface area contributed by atoms with Gasteiger partial charge in [-0.2, -0.15) is 0 Å². The monoisotopic (exact) mass is 297 g/mol. The molecule has 1 aromatic carbocycles. The van der Waals surface area contributed by atoms with Gasteiger partial charge in [0.2, 0.25) is 10.0 Å². The zero-order valence-electron chi connectivity index (χ0n) is 10.7. The van der Waals surface area contributed by atoms with Crippen molar-refractivity contribution in [2.45, 2.75) is 25.3 Å². The van der Waals surface area contributed by atoms with Crippen LogP contribution in [0.5, 0.6) is 0 Å². The van der Waals surface area contributed by atoms with Crippen molar-refractivity contribution in [3.05, 3.63) is 39.8 Å². The zero-order valence-corrected chi connectivity index (χ0v) is 12.3. The zero-order chi connectivity index (χ0) is 14.0. The van der Waals surface area contributed by atoms with Gasteiger partial charge in [-0.3, -0.25) is 0 Å². The first-order valence-corrected chi connectivity index (χ1v) is 8.01. The van der Waals surface area contributed by atoms with Crippen molar-refractivity contribution >= 4 is 27.0 Å². The molecule has 0 amide bonds. The van der Waals surface area contributed by atoms with E-state index in [0.29, 0.717) is 12.1 Å². The molecule has 2 aromatic rings. The molecule has 2 rings (SSSR count). The Labute approximate surface area is 116 Å². The number of nitrogens with two attached hydrogens (primary N) is 1. The molecule has 0 saturated heterocycles. The molecule has 7 heteroatoms. The number of primary sulfonamides is 1. The van der Waals surface area contributed by atoms with E-state index in [-0.39, 0.29) is 4.90 Å². The van der Waals surface area contributed by atoms with E-state index in [0.717, 1.165) is 15.6 Å². The van der Waals surface area contributed by atoms with Crippen LogP contribution in [0.15, 0.2) is 29.3 Å². The van der Waals surface area contributed by atoms with Crippen LogP contribution in [0, 0.1) is 13.8 Å². The highest BCUT2D eigenvalue weighted by molar-refractivity contribution is 7.89. The molecule has 3 N–H and O–H groups in total. The summed E-state index contributed by atoms with van der Waals surface area (Å²) in [5.41, 5.74) is 1.36. The summed E-state index contributed by atoms with van der Waals surface area (Å²) < 4.78 is 22.9. The molecular formula is C12H15N3O2S2. The van der Waals surface area contributed by atoms with Gasteiger partial charge in [0.25, 0.3) is 0 Å². The highest BCUT2D eigenvalue weighted by Crippen LogP contribution is 2.20. The highest BCUT2D eigenvalue weighted by atomic mass is 32.2. The molecule has 0 atom stereocenters. The summed E-state index contributed by atoms with van der Waals surface area (Å²) in [6.45, 7) is 4.27. The van der Waals surface area contributed by atoms with Gasteiger partial charge >= 0.3 is 0 Å². The number of hydrogen-bond acceptors (Lipinski definition) is 5. The normalized spacial score (nSPS) is 11.5. The van der Waals surface area contributed by atoms with Crippen LogP contribution < -0.4 is 10.5 Å². The quantitative estimate of drug-likeness (QED) is 0.904. The van der Waals surface area contributed by atoms with E-state index in [1.54, 1.807) is 30.4 Å². The summed E-state index contributed by atoms with van der Waals surface area (Å²) in [6, 6.07) is 5.12. The minimum Gasteiger partial charge on any atom is -0.380 e. The summed E-state index contributed by atoms with van der Waals surface area (Å²) in [6.07, 6.45) is 1.81. The maximum atomic E-state index is 11.4. The molecule has 0 fully saturated rings. The molecule has 102 valence electrons. The van der Waals surface area contributed by atoms with E-state index in [1.165, 1.54) is 0 Å². The first-order valence-electron chi connectivity index (χ1n) is 5.65. The maximum absolute atomic E-state index is 11.4. The second kappa shape index (κ2) is 5.28. The lowest BCUT2D eigenvalue weighted by Gasteiger charge is -2.08. The van der Waals surface area contributed by atoms with Crippen molar-refractivity contribution in [1.82, 2.24) is 4.98 Å². The van der Waals surface area contributed by atoms with Crippen LogP contribution in [0.3, 0.4) is 0 Å². The molecule has 0 aliphatic carbocycles. The van der Waals surface area contributed by atoms with Gasteiger partial charge in [-0.05, 0) is 31.5 Å². The molecule has 0 radical (unpaired) electrons. The van der Waals surface area contributed by atoms with Crippen LogP contribution in [-0.4, -0.2) is 13.4 Å². The Kier molecular flexibility index (Phi) is 3.88. The Bertz CT molecular complexity index is 693. The summed E-state index contributed by atoms with van der Waals surface area (Å²) in [4.78, 5) is 5.41. The van der Waals surface area contributed by atoms with Crippen LogP contribution in [0.2, 0.25) is 0 Å². The van der Waals surface area contributed by atoms with Gasteiger partial charge in [0, 0.05) is 16.8 Å². The van der Waals surface area contributed by atoms with Gasteiger partial charge in [-0.25, -0.2) is 18.5 Å². The van der Waals surface area contributed by atoms with Gasteiger partial charge in [0.15, 0.2) is 0 Å². The smallest absolute Gasteiger partial charge is 0.238 e. The average Bonchev–Trinajstić information content (AvgIpc) is 2.72. The Balaban J connectivity index is 2.18. The number of aromatic nitrogens is 1. The predicted molar refractivity (Wildman–Crippen MR) is 76.7 cm³/mol. The molecule has 19 heavy (non-hydrogen) atoms. The fraction of sp³-hybridized carbons (Fsp3) is 0.250. The number of sulfonamides is 1. The van der Waals surface area contributed by atoms with Crippen LogP contribution >= 0.6 is 11.3 Å². The van der Waals surface area contributed by atoms with Crippen molar-refractivity contribution in [3.63, 3.8) is 0 Å². The van der Waals surface area contributed by atoms with Gasteiger partial charge in [0.05, 0.1) is 16.4 Å². The van der Waals surface area contributed by atoms with Crippen LogP contribution in [-0.2, 0) is 16.6 Å². The molecule has 0 spiro atoms. The fourth-order valence-corrected chi connectivity index (χ4v) is 3.24. The number of anilines is 1. The number of hydrogen-bond donors (Lipinski definition) is 2. The predicted octanol–water partition coefficient (Wildman–Crippen LogP) is 2.02. The third kappa shape index (κ3) is 3.52. The maximum Gasteiger partial charge on any atom is 0.238 e. The highest BCUT2D eigenvalue weighted by Gasteiger charge is 2.12. The van der Waals surface area contributed by atoms with Crippen LogP contribution in [0.25, 0.3) is 0 Å². The largest absolute Gasteiger partial charge is 0.380 e. The third-order valence-electron chi connectivity index (χ3n) is 2.63. The lowest BCUT2D eigenvalue weighted by atomic mass is 10.2. The molecule has 1 heterocycles. The van der Waals surface area contributed by atoms with Crippen molar-refractivity contribution in [1.29, 1.82) is 0 Å². The molecule has 0 saturated carbocycles.